The Balaban J connectivity index is 2.18. The highest BCUT2D eigenvalue weighted by Gasteiger charge is 2.18. The molecule has 4 nitrogen and oxygen atoms in total. The second kappa shape index (κ2) is 6.48. The van der Waals surface area contributed by atoms with Gasteiger partial charge in [-0.3, -0.25) is 4.79 Å². The first kappa shape index (κ1) is 15.0. The van der Waals surface area contributed by atoms with Crippen molar-refractivity contribution in [2.75, 3.05) is 0 Å². The number of carbonyl (C=O) groups is 1. The van der Waals surface area contributed by atoms with Gasteiger partial charge < -0.3 is 9.15 Å². The van der Waals surface area contributed by atoms with E-state index in [1.165, 1.54) is 0 Å². The van der Waals surface area contributed by atoms with E-state index in [1.54, 1.807) is 25.1 Å². The van der Waals surface area contributed by atoms with Crippen molar-refractivity contribution in [1.29, 1.82) is 0 Å². The first-order chi connectivity index (χ1) is 11.2. The zero-order valence-electron chi connectivity index (χ0n) is 12.7. The van der Waals surface area contributed by atoms with Crippen molar-refractivity contribution in [3.63, 3.8) is 0 Å². The number of benzene rings is 2. The van der Waals surface area contributed by atoms with Crippen LogP contribution < -0.4 is 10.4 Å². The van der Waals surface area contributed by atoms with Crippen LogP contribution in [0.5, 0.6) is 5.75 Å². The van der Waals surface area contributed by atoms with Crippen LogP contribution in [0.25, 0.3) is 11.0 Å². The van der Waals surface area contributed by atoms with Crippen LogP contribution in [0.15, 0.2) is 63.8 Å². The summed E-state index contributed by atoms with van der Waals surface area (Å²) < 4.78 is 10.8. The third-order valence-corrected chi connectivity index (χ3v) is 3.58. The van der Waals surface area contributed by atoms with E-state index in [-0.39, 0.29) is 12.4 Å². The van der Waals surface area contributed by atoms with Crippen LogP contribution in [-0.4, -0.2) is 5.97 Å². The maximum atomic E-state index is 12.4. The average Bonchev–Trinajstić information content (AvgIpc) is 2.58. The first-order valence-electron chi connectivity index (χ1n) is 7.48. The molecule has 1 heterocycles. The monoisotopic (exact) mass is 308 g/mol. The van der Waals surface area contributed by atoms with Crippen molar-refractivity contribution < 1.29 is 13.9 Å². The molecule has 0 unspecified atom stereocenters. The van der Waals surface area contributed by atoms with Gasteiger partial charge in [0.15, 0.2) is 5.75 Å². The zero-order chi connectivity index (χ0) is 16.2. The molecule has 0 bridgehead atoms. The van der Waals surface area contributed by atoms with Crippen LogP contribution >= 0.6 is 0 Å². The highest BCUT2D eigenvalue weighted by atomic mass is 16.5. The highest BCUT2D eigenvalue weighted by Crippen LogP contribution is 2.29. The first-order valence-corrected chi connectivity index (χ1v) is 7.48. The molecule has 116 valence electrons. The summed E-state index contributed by atoms with van der Waals surface area (Å²) in [4.78, 5) is 24.2. The SMILES string of the molecule is CCC(=O)Oc1c(Cc2ccccc2)c(=O)oc2ccccc12. The summed E-state index contributed by atoms with van der Waals surface area (Å²) in [5.41, 5.74) is 1.24. The maximum Gasteiger partial charge on any atom is 0.343 e. The molecule has 0 aliphatic rings. The number of carbonyl (C=O) groups excluding carboxylic acids is 1. The second-order valence-electron chi connectivity index (χ2n) is 5.18. The molecule has 2 aromatic carbocycles. The van der Waals surface area contributed by atoms with Gasteiger partial charge in [0.05, 0.1) is 10.9 Å². The van der Waals surface area contributed by atoms with Crippen molar-refractivity contribution in [1.82, 2.24) is 0 Å². The largest absolute Gasteiger partial charge is 0.425 e. The quantitative estimate of drug-likeness (QED) is 0.545. The Kier molecular flexibility index (Phi) is 4.24. The smallest absolute Gasteiger partial charge is 0.343 e. The Labute approximate surface area is 133 Å². The Morgan fingerprint density at radius 3 is 2.48 bits per heavy atom. The van der Waals surface area contributed by atoms with E-state index in [1.807, 2.05) is 36.4 Å². The molecule has 23 heavy (non-hydrogen) atoms. The van der Waals surface area contributed by atoms with E-state index in [0.717, 1.165) is 5.56 Å². The third kappa shape index (κ3) is 3.16. The molecule has 1 aromatic heterocycles. The molecule has 0 saturated carbocycles. The van der Waals surface area contributed by atoms with Gasteiger partial charge in [-0.25, -0.2) is 4.79 Å². The van der Waals surface area contributed by atoms with Crippen molar-refractivity contribution in [2.24, 2.45) is 0 Å². The molecule has 3 aromatic rings. The van der Waals surface area contributed by atoms with Gasteiger partial charge in [-0.1, -0.05) is 49.4 Å². The number of hydrogen-bond donors (Lipinski definition) is 0. The third-order valence-electron chi connectivity index (χ3n) is 3.58. The lowest BCUT2D eigenvalue weighted by Crippen LogP contribution is -2.15. The Morgan fingerprint density at radius 2 is 1.74 bits per heavy atom. The minimum atomic E-state index is -0.480. The van der Waals surface area contributed by atoms with Crippen LogP contribution in [0.3, 0.4) is 0 Å². The molecule has 0 aliphatic heterocycles. The predicted molar refractivity (Wildman–Crippen MR) is 87.7 cm³/mol. The fourth-order valence-electron chi connectivity index (χ4n) is 2.41. The van der Waals surface area contributed by atoms with Gasteiger partial charge in [0.25, 0.3) is 0 Å². The zero-order valence-corrected chi connectivity index (χ0v) is 12.7. The molecule has 0 amide bonds. The maximum absolute atomic E-state index is 12.4. The number of esters is 1. The average molecular weight is 308 g/mol. The van der Waals surface area contributed by atoms with Crippen LogP contribution in [0, 0.1) is 0 Å². The number of ether oxygens (including phenoxy) is 1. The van der Waals surface area contributed by atoms with E-state index in [9.17, 15) is 9.59 Å². The summed E-state index contributed by atoms with van der Waals surface area (Å²) >= 11 is 0. The van der Waals surface area contributed by atoms with E-state index in [0.29, 0.717) is 28.7 Å². The Hall–Kier alpha value is -2.88. The summed E-state index contributed by atoms with van der Waals surface area (Å²) in [5.74, 6) is -0.0809. The summed E-state index contributed by atoms with van der Waals surface area (Å²) in [7, 11) is 0. The summed E-state index contributed by atoms with van der Waals surface area (Å²) in [6.07, 6.45) is 0.583. The predicted octanol–water partition coefficient (Wildman–Crippen LogP) is 3.70. The van der Waals surface area contributed by atoms with Crippen LogP contribution in [-0.2, 0) is 11.2 Å². The van der Waals surface area contributed by atoms with E-state index >= 15 is 0 Å². The minimum absolute atomic E-state index is 0.235. The summed E-state index contributed by atoms with van der Waals surface area (Å²) in [6, 6.07) is 16.6. The Bertz CT molecular complexity index is 894. The van der Waals surface area contributed by atoms with E-state index < -0.39 is 5.63 Å². The van der Waals surface area contributed by atoms with Gasteiger partial charge >= 0.3 is 11.6 Å². The van der Waals surface area contributed by atoms with Crippen molar-refractivity contribution in [3.05, 3.63) is 76.1 Å². The van der Waals surface area contributed by atoms with Crippen LogP contribution in [0.1, 0.15) is 24.5 Å². The highest BCUT2D eigenvalue weighted by molar-refractivity contribution is 5.87. The van der Waals surface area contributed by atoms with Gasteiger partial charge in [0, 0.05) is 12.8 Å². The van der Waals surface area contributed by atoms with E-state index in [2.05, 4.69) is 0 Å². The Morgan fingerprint density at radius 1 is 1.04 bits per heavy atom. The molecule has 0 aliphatic carbocycles. The molecule has 3 rings (SSSR count). The van der Waals surface area contributed by atoms with Gasteiger partial charge in [-0.05, 0) is 17.7 Å². The summed E-state index contributed by atoms with van der Waals surface area (Å²) in [5, 5.41) is 0.625. The molecule has 0 atom stereocenters. The molecule has 4 heteroatoms. The minimum Gasteiger partial charge on any atom is -0.425 e. The topological polar surface area (TPSA) is 56.5 Å². The summed E-state index contributed by atoms with van der Waals surface area (Å²) in [6.45, 7) is 1.72. The molecule has 0 N–H and O–H groups in total. The van der Waals surface area contributed by atoms with Crippen molar-refractivity contribution in [3.8, 4) is 5.75 Å². The van der Waals surface area contributed by atoms with Crippen LogP contribution in [0.2, 0.25) is 0 Å². The molecule has 0 spiro atoms. The molecular formula is C19H16O4. The fraction of sp³-hybridized carbons (Fsp3) is 0.158. The van der Waals surface area contributed by atoms with Crippen molar-refractivity contribution in [2.45, 2.75) is 19.8 Å². The lowest BCUT2D eigenvalue weighted by Gasteiger charge is -2.11. The number of hydrogen-bond acceptors (Lipinski definition) is 4. The standard InChI is InChI=1S/C19H16O4/c1-2-17(20)23-18-14-10-6-7-11-16(14)22-19(21)15(18)12-13-8-4-3-5-9-13/h3-11H,2,12H2,1H3. The second-order valence-corrected chi connectivity index (χ2v) is 5.18. The van der Waals surface area contributed by atoms with Gasteiger partial charge in [-0.2, -0.15) is 0 Å². The molecular weight excluding hydrogens is 292 g/mol. The van der Waals surface area contributed by atoms with Crippen molar-refractivity contribution >= 4 is 16.9 Å². The van der Waals surface area contributed by atoms with E-state index in [4.69, 9.17) is 9.15 Å². The van der Waals surface area contributed by atoms with Crippen LogP contribution in [0.4, 0.5) is 0 Å². The van der Waals surface area contributed by atoms with Gasteiger partial charge in [0.1, 0.15) is 5.58 Å². The molecule has 0 saturated heterocycles. The number of rotatable bonds is 4. The molecule has 0 fully saturated rings. The van der Waals surface area contributed by atoms with Gasteiger partial charge in [0.2, 0.25) is 0 Å². The fourth-order valence-corrected chi connectivity index (χ4v) is 2.41. The molecule has 0 radical (unpaired) electrons. The number of para-hydroxylation sites is 1. The lowest BCUT2D eigenvalue weighted by molar-refractivity contribution is -0.133. The van der Waals surface area contributed by atoms with Gasteiger partial charge in [-0.15, -0.1) is 0 Å². The lowest BCUT2D eigenvalue weighted by atomic mass is 10.0. The normalized spacial score (nSPS) is 10.7. The number of fused-ring (bicyclic) bond motifs is 1.